The van der Waals surface area contributed by atoms with E-state index in [2.05, 4.69) is 19.1 Å². The Labute approximate surface area is 84.7 Å². The zero-order valence-electron chi connectivity index (χ0n) is 8.31. The molecule has 0 amide bonds. The molecule has 1 aromatic carbocycles. The zero-order valence-corrected chi connectivity index (χ0v) is 8.31. The van der Waals surface area contributed by atoms with E-state index in [1.165, 1.54) is 0 Å². The third kappa shape index (κ3) is 2.25. The van der Waals surface area contributed by atoms with E-state index in [4.69, 9.17) is 4.74 Å². The van der Waals surface area contributed by atoms with Crippen LogP contribution in [0.25, 0.3) is 0 Å². The van der Waals surface area contributed by atoms with E-state index in [0.717, 1.165) is 17.9 Å². The predicted molar refractivity (Wildman–Crippen MR) is 58.1 cm³/mol. The van der Waals surface area contributed by atoms with Crippen LogP contribution in [0.3, 0.4) is 0 Å². The summed E-state index contributed by atoms with van der Waals surface area (Å²) in [4.78, 5) is 0. The quantitative estimate of drug-likeness (QED) is 0.686. The molecule has 14 heavy (non-hydrogen) atoms. The lowest BCUT2D eigenvalue weighted by molar-refractivity contribution is 0.385. The van der Waals surface area contributed by atoms with Gasteiger partial charge in [0.2, 0.25) is 0 Å². The van der Waals surface area contributed by atoms with E-state index in [9.17, 15) is 0 Å². The molecular formula is C13H14O. The molecule has 1 aliphatic rings. The number of ether oxygens (including phenoxy) is 1. The number of hydrogen-bond donors (Lipinski definition) is 0. The minimum atomic E-state index is 0.582. The second kappa shape index (κ2) is 4.14. The third-order valence-corrected chi connectivity index (χ3v) is 2.24. The van der Waals surface area contributed by atoms with Crippen LogP contribution in [-0.4, -0.2) is 0 Å². The Hall–Kier alpha value is -1.50. The highest BCUT2D eigenvalue weighted by Gasteiger charge is 2.07. The van der Waals surface area contributed by atoms with Crippen LogP contribution in [0.15, 0.2) is 54.3 Å². The molecule has 1 aromatic rings. The molecule has 0 aromatic heterocycles. The van der Waals surface area contributed by atoms with Crippen molar-refractivity contribution in [2.24, 2.45) is 5.92 Å². The fraction of sp³-hybridized carbons (Fsp3) is 0.231. The number of para-hydroxylation sites is 1. The minimum Gasteiger partial charge on any atom is -0.462 e. The van der Waals surface area contributed by atoms with E-state index in [1.807, 2.05) is 36.4 Å². The highest BCUT2D eigenvalue weighted by Crippen LogP contribution is 2.21. The van der Waals surface area contributed by atoms with Gasteiger partial charge >= 0.3 is 0 Å². The van der Waals surface area contributed by atoms with Crippen LogP contribution in [0.4, 0.5) is 0 Å². The van der Waals surface area contributed by atoms with Crippen molar-refractivity contribution in [2.45, 2.75) is 13.3 Å². The summed E-state index contributed by atoms with van der Waals surface area (Å²) in [5, 5.41) is 0. The Morgan fingerprint density at radius 2 is 2.00 bits per heavy atom. The lowest BCUT2D eigenvalue weighted by atomic mass is 10.0. The first-order valence-corrected chi connectivity index (χ1v) is 4.95. The molecule has 1 unspecified atom stereocenters. The summed E-state index contributed by atoms with van der Waals surface area (Å²) in [6.07, 6.45) is 7.28. The lowest BCUT2D eigenvalue weighted by Gasteiger charge is -2.15. The van der Waals surface area contributed by atoms with Crippen LogP contribution < -0.4 is 4.74 Å². The van der Waals surface area contributed by atoms with E-state index in [0.29, 0.717) is 5.92 Å². The SMILES string of the molecule is CC1C=CC=C(Oc2ccccc2)C1. The fourth-order valence-electron chi connectivity index (χ4n) is 1.52. The highest BCUT2D eigenvalue weighted by molar-refractivity contribution is 5.25. The van der Waals surface area contributed by atoms with Crippen LogP contribution in [0, 0.1) is 5.92 Å². The number of benzene rings is 1. The Balaban J connectivity index is 2.05. The maximum absolute atomic E-state index is 5.74. The number of rotatable bonds is 2. The van der Waals surface area contributed by atoms with Gasteiger partial charge in [0, 0.05) is 6.42 Å². The summed E-state index contributed by atoms with van der Waals surface area (Å²) in [5.41, 5.74) is 0. The van der Waals surface area contributed by atoms with Crippen molar-refractivity contribution in [3.63, 3.8) is 0 Å². The van der Waals surface area contributed by atoms with Crippen molar-refractivity contribution in [2.75, 3.05) is 0 Å². The van der Waals surface area contributed by atoms with Gasteiger partial charge in [-0.05, 0) is 24.1 Å². The maximum atomic E-state index is 5.74. The van der Waals surface area contributed by atoms with Gasteiger partial charge in [-0.15, -0.1) is 0 Å². The van der Waals surface area contributed by atoms with Crippen molar-refractivity contribution >= 4 is 0 Å². The summed E-state index contributed by atoms with van der Waals surface area (Å²) in [6.45, 7) is 2.19. The van der Waals surface area contributed by atoms with E-state index in [-0.39, 0.29) is 0 Å². The second-order valence-corrected chi connectivity index (χ2v) is 3.61. The van der Waals surface area contributed by atoms with Crippen LogP contribution >= 0.6 is 0 Å². The Kier molecular flexibility index (Phi) is 2.68. The van der Waals surface area contributed by atoms with Crippen LogP contribution in [0.2, 0.25) is 0 Å². The van der Waals surface area contributed by atoms with Gasteiger partial charge in [0.25, 0.3) is 0 Å². The Bertz CT molecular complexity index is 349. The van der Waals surface area contributed by atoms with Crippen molar-refractivity contribution in [1.29, 1.82) is 0 Å². The summed E-state index contributed by atoms with van der Waals surface area (Å²) < 4.78 is 5.74. The largest absolute Gasteiger partial charge is 0.462 e. The van der Waals surface area contributed by atoms with Gasteiger partial charge in [-0.2, -0.15) is 0 Å². The number of allylic oxidation sites excluding steroid dienone is 4. The molecule has 72 valence electrons. The Morgan fingerprint density at radius 3 is 2.71 bits per heavy atom. The van der Waals surface area contributed by atoms with Gasteiger partial charge in [0.1, 0.15) is 11.5 Å². The monoisotopic (exact) mass is 186 g/mol. The van der Waals surface area contributed by atoms with Crippen molar-refractivity contribution < 1.29 is 4.74 Å². The molecule has 1 nitrogen and oxygen atoms in total. The minimum absolute atomic E-state index is 0.582. The van der Waals surface area contributed by atoms with Crippen LogP contribution in [0.1, 0.15) is 13.3 Å². The van der Waals surface area contributed by atoms with Gasteiger partial charge in [0.05, 0.1) is 0 Å². The maximum Gasteiger partial charge on any atom is 0.126 e. The van der Waals surface area contributed by atoms with Gasteiger partial charge in [-0.3, -0.25) is 0 Å². The van der Waals surface area contributed by atoms with Crippen molar-refractivity contribution in [3.8, 4) is 5.75 Å². The predicted octanol–water partition coefficient (Wildman–Crippen LogP) is 3.55. The molecule has 0 bridgehead atoms. The van der Waals surface area contributed by atoms with Gasteiger partial charge in [-0.25, -0.2) is 0 Å². The van der Waals surface area contributed by atoms with Crippen molar-refractivity contribution in [3.05, 3.63) is 54.3 Å². The average molecular weight is 186 g/mol. The number of hydrogen-bond acceptors (Lipinski definition) is 1. The van der Waals surface area contributed by atoms with E-state index < -0.39 is 0 Å². The molecule has 0 fully saturated rings. The molecule has 0 N–H and O–H groups in total. The molecule has 1 heteroatoms. The average Bonchev–Trinajstić information content (AvgIpc) is 2.19. The fourth-order valence-corrected chi connectivity index (χ4v) is 1.52. The van der Waals surface area contributed by atoms with Gasteiger partial charge in [0.15, 0.2) is 0 Å². The van der Waals surface area contributed by atoms with Crippen molar-refractivity contribution in [1.82, 2.24) is 0 Å². The normalized spacial score (nSPS) is 20.4. The summed E-state index contributed by atoms with van der Waals surface area (Å²) in [7, 11) is 0. The molecule has 0 heterocycles. The molecule has 0 saturated carbocycles. The smallest absolute Gasteiger partial charge is 0.126 e. The van der Waals surface area contributed by atoms with E-state index in [1.54, 1.807) is 0 Å². The molecule has 0 radical (unpaired) electrons. The first kappa shape index (κ1) is 9.07. The zero-order chi connectivity index (χ0) is 9.80. The summed E-state index contributed by atoms with van der Waals surface area (Å²) >= 11 is 0. The molecular weight excluding hydrogens is 172 g/mol. The lowest BCUT2D eigenvalue weighted by Crippen LogP contribution is -2.03. The highest BCUT2D eigenvalue weighted by atomic mass is 16.5. The summed E-state index contributed by atoms with van der Waals surface area (Å²) in [6, 6.07) is 9.91. The summed E-state index contributed by atoms with van der Waals surface area (Å²) in [5.74, 6) is 2.55. The van der Waals surface area contributed by atoms with E-state index >= 15 is 0 Å². The first-order valence-electron chi connectivity index (χ1n) is 4.95. The standard InChI is InChI=1S/C13H14O/c1-11-6-5-9-13(10-11)14-12-7-3-2-4-8-12/h2-9,11H,10H2,1H3. The second-order valence-electron chi connectivity index (χ2n) is 3.61. The first-order chi connectivity index (χ1) is 6.84. The Morgan fingerprint density at radius 1 is 1.21 bits per heavy atom. The van der Waals surface area contributed by atoms with Gasteiger partial charge < -0.3 is 4.74 Å². The molecule has 2 rings (SSSR count). The molecule has 0 spiro atoms. The molecule has 1 aliphatic carbocycles. The van der Waals surface area contributed by atoms with Crippen LogP contribution in [-0.2, 0) is 0 Å². The van der Waals surface area contributed by atoms with Gasteiger partial charge in [-0.1, -0.05) is 37.3 Å². The molecule has 1 atom stereocenters. The molecule has 0 aliphatic heterocycles. The third-order valence-electron chi connectivity index (χ3n) is 2.24. The topological polar surface area (TPSA) is 9.23 Å². The molecule has 0 saturated heterocycles. The van der Waals surface area contributed by atoms with Crippen LogP contribution in [0.5, 0.6) is 5.75 Å².